The molecule has 4 heterocycles. The van der Waals surface area contributed by atoms with Gasteiger partial charge in [0.2, 0.25) is 0 Å². The first-order valence-electron chi connectivity index (χ1n) is 14.6. The average Bonchev–Trinajstić information content (AvgIpc) is 3.66. The fourth-order valence-corrected chi connectivity index (χ4v) is 7.15. The minimum atomic E-state index is -0.513. The lowest BCUT2D eigenvalue weighted by atomic mass is 9.93. The van der Waals surface area contributed by atoms with Gasteiger partial charge >= 0.3 is 0 Å². The number of fused-ring (bicyclic) bond motifs is 2. The zero-order valence-electron chi connectivity index (χ0n) is 25.7. The molecule has 0 bridgehead atoms. The summed E-state index contributed by atoms with van der Waals surface area (Å²) in [5.74, 6) is 2.02. The largest absolute Gasteiger partial charge is 0.389 e. The van der Waals surface area contributed by atoms with Crippen LogP contribution in [0.5, 0.6) is 0 Å². The Bertz CT molecular complexity index is 1680. The number of amidine groups is 1. The van der Waals surface area contributed by atoms with Gasteiger partial charge in [-0.25, -0.2) is 9.38 Å². The van der Waals surface area contributed by atoms with Crippen LogP contribution in [0.25, 0.3) is 33.1 Å². The zero-order valence-corrected chi connectivity index (χ0v) is 27.3. The Morgan fingerprint density at radius 2 is 2.05 bits per heavy atom. The Balaban J connectivity index is 0.000000612. The molecule has 0 saturated carbocycles. The molecule has 1 fully saturated rings. The molecule has 1 atom stereocenters. The number of thiophene rings is 1. The number of benzene rings is 1. The van der Waals surface area contributed by atoms with Crippen molar-refractivity contribution in [2.24, 2.45) is 16.8 Å². The predicted octanol–water partition coefficient (Wildman–Crippen LogP) is 7.37. The Hall–Kier alpha value is -2.99. The lowest BCUT2D eigenvalue weighted by Crippen LogP contribution is -2.33. The molecule has 2 aliphatic heterocycles. The molecule has 1 saturated heterocycles. The highest BCUT2D eigenvalue weighted by Gasteiger charge is 2.28. The number of nitrogens with two attached hydrogens (primary N) is 1. The normalized spacial score (nSPS) is 17.1. The molecular weight excluding hydrogens is 569 g/mol. The maximum atomic E-state index is 14.7. The van der Waals surface area contributed by atoms with E-state index >= 15 is 0 Å². The van der Waals surface area contributed by atoms with Crippen LogP contribution >= 0.6 is 22.9 Å². The van der Waals surface area contributed by atoms with Gasteiger partial charge in [0, 0.05) is 40.7 Å². The Morgan fingerprint density at radius 1 is 1.33 bits per heavy atom. The Kier molecular flexibility index (Phi) is 10.3. The highest BCUT2D eigenvalue weighted by atomic mass is 35.5. The van der Waals surface area contributed by atoms with Crippen LogP contribution in [0.2, 0.25) is 5.02 Å². The van der Waals surface area contributed by atoms with Crippen molar-refractivity contribution in [3.8, 4) is 17.3 Å². The van der Waals surface area contributed by atoms with Gasteiger partial charge in [-0.2, -0.15) is 5.26 Å². The van der Waals surface area contributed by atoms with Crippen molar-refractivity contribution in [2.45, 2.75) is 80.9 Å². The van der Waals surface area contributed by atoms with Crippen LogP contribution in [0, 0.1) is 29.0 Å². The van der Waals surface area contributed by atoms with Crippen LogP contribution in [0.3, 0.4) is 0 Å². The van der Waals surface area contributed by atoms with E-state index in [2.05, 4.69) is 43.6 Å². The maximum Gasteiger partial charge on any atom is 0.159 e. The minimum Gasteiger partial charge on any atom is -0.389 e. The molecule has 0 spiro atoms. The second-order valence-corrected chi connectivity index (χ2v) is 13.3. The number of nitriles is 1. The zero-order chi connectivity index (χ0) is 30.7. The number of anilines is 1. The first-order valence-corrected chi connectivity index (χ1v) is 15.8. The third-order valence-electron chi connectivity index (χ3n) is 7.87. The standard InChI is InChI=1S/C27H27ClFN5OS.C6H14/c1-13(2)21-17(8-32-15(4)34-6-5-14(3)10-34)18-11-35-12-19(18)22(24(21)28)25-23-16(7-30)27(31)36-26(23)20(29)9-33-25;1-4-5-6(2)3/h8-9,14H,5-6,10-12,31H2,1-4H3;6H,4-5H2,1-3H3/b17-8-,32-15?;. The van der Waals surface area contributed by atoms with Gasteiger partial charge in [0.15, 0.2) is 5.82 Å². The first kappa shape index (κ1) is 31.9. The van der Waals surface area contributed by atoms with E-state index in [9.17, 15) is 9.65 Å². The molecule has 6 nitrogen and oxygen atoms in total. The van der Waals surface area contributed by atoms with Gasteiger partial charge in [0.1, 0.15) is 16.9 Å². The molecule has 2 aliphatic rings. The summed E-state index contributed by atoms with van der Waals surface area (Å²) in [5.41, 5.74) is 10.3. The second-order valence-electron chi connectivity index (χ2n) is 11.9. The van der Waals surface area contributed by atoms with Crippen molar-refractivity contribution in [1.82, 2.24) is 9.88 Å². The smallest absolute Gasteiger partial charge is 0.159 e. The van der Waals surface area contributed by atoms with Crippen molar-refractivity contribution in [2.75, 3.05) is 18.8 Å². The molecule has 42 heavy (non-hydrogen) atoms. The van der Waals surface area contributed by atoms with Crippen molar-refractivity contribution < 1.29 is 9.13 Å². The fraction of sp³-hybridized carbons (Fsp3) is 0.485. The molecule has 224 valence electrons. The molecule has 3 aromatic rings. The molecule has 5 rings (SSSR count). The number of ether oxygens (including phenoxy) is 1. The quantitative estimate of drug-likeness (QED) is 0.246. The number of nitrogen functional groups attached to an aromatic ring is 1. The van der Waals surface area contributed by atoms with Gasteiger partial charge in [-0.15, -0.1) is 11.3 Å². The molecule has 1 unspecified atom stereocenters. The van der Waals surface area contributed by atoms with Crippen molar-refractivity contribution in [3.05, 3.63) is 44.2 Å². The van der Waals surface area contributed by atoms with Crippen LogP contribution in [-0.2, 0) is 18.0 Å². The summed E-state index contributed by atoms with van der Waals surface area (Å²) in [6.45, 7) is 17.8. The second kappa shape index (κ2) is 13.5. The highest BCUT2D eigenvalue weighted by molar-refractivity contribution is 7.23. The van der Waals surface area contributed by atoms with Crippen molar-refractivity contribution in [1.29, 1.82) is 5.26 Å². The summed E-state index contributed by atoms with van der Waals surface area (Å²) in [5, 5.41) is 12.7. The van der Waals surface area contributed by atoms with Crippen LogP contribution in [0.15, 0.2) is 11.2 Å². The number of halogens is 2. The third kappa shape index (κ3) is 6.34. The third-order valence-corrected chi connectivity index (χ3v) is 9.27. The molecular formula is C33H41ClFN5OS. The van der Waals surface area contributed by atoms with E-state index in [1.54, 1.807) is 0 Å². The van der Waals surface area contributed by atoms with E-state index < -0.39 is 5.82 Å². The minimum absolute atomic E-state index is 0.218. The van der Waals surface area contributed by atoms with Gasteiger partial charge in [-0.3, -0.25) is 4.98 Å². The van der Waals surface area contributed by atoms with E-state index in [4.69, 9.17) is 27.1 Å². The number of hydrogen-bond donors (Lipinski definition) is 1. The number of nitrogens with zero attached hydrogens (tertiary/aromatic N) is 4. The SMILES string of the molecule is CC(=N/C=c1/c2c(c(-c3ncc(F)c4sc(N)c(C#N)c34)c(Cl)c1=C(C)C)COC2)N1CCC(C)C1.CCCC(C)C. The van der Waals surface area contributed by atoms with Crippen molar-refractivity contribution in [3.63, 3.8) is 0 Å². The van der Waals surface area contributed by atoms with Gasteiger partial charge in [-0.05, 0) is 50.2 Å². The van der Waals surface area contributed by atoms with Crippen LogP contribution in [-0.4, -0.2) is 28.8 Å². The Morgan fingerprint density at radius 3 is 2.62 bits per heavy atom. The van der Waals surface area contributed by atoms with Gasteiger partial charge in [0.05, 0.1) is 40.4 Å². The molecule has 1 aromatic carbocycles. The number of rotatable bonds is 4. The first-order chi connectivity index (χ1) is 20.0. The number of likely N-dealkylation sites (tertiary alicyclic amines) is 1. The average molecular weight is 610 g/mol. The molecule has 2 aromatic heterocycles. The molecule has 0 amide bonds. The summed E-state index contributed by atoms with van der Waals surface area (Å²) in [4.78, 5) is 11.6. The van der Waals surface area contributed by atoms with Crippen LogP contribution in [0.4, 0.5) is 9.39 Å². The highest BCUT2D eigenvalue weighted by Crippen LogP contribution is 2.43. The number of hydrogen-bond acceptors (Lipinski definition) is 6. The number of aliphatic imine (C=N–C) groups is 1. The van der Waals surface area contributed by atoms with Crippen LogP contribution in [0.1, 0.15) is 84.4 Å². The topological polar surface area (TPSA) is 87.5 Å². The summed E-state index contributed by atoms with van der Waals surface area (Å²) in [6.07, 6.45) is 6.93. The van der Waals surface area contributed by atoms with E-state index in [0.29, 0.717) is 45.5 Å². The van der Waals surface area contributed by atoms with Gasteiger partial charge in [-0.1, -0.05) is 57.7 Å². The summed E-state index contributed by atoms with van der Waals surface area (Å²) in [6, 6.07) is 2.12. The van der Waals surface area contributed by atoms with Crippen molar-refractivity contribution >= 4 is 55.6 Å². The number of aromatic nitrogens is 1. The lowest BCUT2D eigenvalue weighted by Gasteiger charge is -2.17. The monoisotopic (exact) mass is 609 g/mol. The van der Waals surface area contributed by atoms with Gasteiger partial charge in [0.25, 0.3) is 0 Å². The summed E-state index contributed by atoms with van der Waals surface area (Å²) >= 11 is 8.18. The van der Waals surface area contributed by atoms with E-state index in [1.165, 1.54) is 25.5 Å². The van der Waals surface area contributed by atoms with E-state index in [0.717, 1.165) is 63.3 Å². The van der Waals surface area contributed by atoms with Crippen LogP contribution < -0.4 is 16.2 Å². The lowest BCUT2D eigenvalue weighted by molar-refractivity contribution is 0.134. The summed E-state index contributed by atoms with van der Waals surface area (Å²) < 4.78 is 20.9. The predicted molar refractivity (Wildman–Crippen MR) is 174 cm³/mol. The fourth-order valence-electron chi connectivity index (χ4n) is 5.73. The number of pyridine rings is 1. The molecule has 9 heteroatoms. The van der Waals surface area contributed by atoms with E-state index in [1.807, 2.05) is 27.0 Å². The molecule has 0 radical (unpaired) electrons. The van der Waals surface area contributed by atoms with E-state index in [-0.39, 0.29) is 10.6 Å². The molecule has 2 N–H and O–H groups in total. The van der Waals surface area contributed by atoms with Gasteiger partial charge < -0.3 is 15.4 Å². The summed E-state index contributed by atoms with van der Waals surface area (Å²) in [7, 11) is 0. The molecule has 0 aliphatic carbocycles. The maximum absolute atomic E-state index is 14.7. The Labute approximate surface area is 257 Å².